The summed E-state index contributed by atoms with van der Waals surface area (Å²) in [6.45, 7) is 6.17. The first-order valence-corrected chi connectivity index (χ1v) is 6.58. The molecule has 1 fully saturated rings. The fraction of sp³-hybridized carbons (Fsp3) is 0.750. The fourth-order valence-electron chi connectivity index (χ4n) is 1.79. The van der Waals surface area contributed by atoms with Crippen molar-refractivity contribution in [2.75, 3.05) is 13.7 Å². The molecule has 0 aromatic rings. The molecule has 1 saturated heterocycles. The van der Waals surface area contributed by atoms with Crippen LogP contribution < -0.4 is 0 Å². The van der Waals surface area contributed by atoms with Gasteiger partial charge < -0.3 is 9.47 Å². The molecule has 0 bridgehead atoms. The third-order valence-electron chi connectivity index (χ3n) is 2.56. The zero-order valence-corrected chi connectivity index (χ0v) is 12.4. The highest BCUT2D eigenvalue weighted by Gasteiger charge is 2.36. The smallest absolute Gasteiger partial charge is 0.410 e. The molecule has 98 valence electrons. The summed E-state index contributed by atoms with van der Waals surface area (Å²) in [7, 11) is 1.66. The molecule has 4 nitrogen and oxygen atoms in total. The molecule has 1 aliphatic rings. The van der Waals surface area contributed by atoms with Gasteiger partial charge in [0, 0.05) is 7.11 Å². The monoisotopic (exact) mass is 305 g/mol. The molecule has 17 heavy (non-hydrogen) atoms. The van der Waals surface area contributed by atoms with Crippen molar-refractivity contribution in [3.8, 4) is 0 Å². The normalized spacial score (nSPS) is 25.6. The molecule has 1 unspecified atom stereocenters. The number of hydrogen-bond donors (Lipinski definition) is 0. The molecule has 1 amide bonds. The average molecular weight is 306 g/mol. The maximum Gasteiger partial charge on any atom is 0.410 e. The number of carbonyl (C=O) groups excluding carboxylic acids is 1. The van der Waals surface area contributed by atoms with Crippen LogP contribution >= 0.6 is 15.9 Å². The van der Waals surface area contributed by atoms with E-state index in [1.807, 2.05) is 26.8 Å². The molecule has 2 atom stereocenters. The lowest BCUT2D eigenvalue weighted by Gasteiger charge is -2.27. The lowest BCUT2D eigenvalue weighted by molar-refractivity contribution is 0.0221. The Bertz CT molecular complexity index is 299. The van der Waals surface area contributed by atoms with Crippen LogP contribution in [0.4, 0.5) is 4.79 Å². The topological polar surface area (TPSA) is 38.8 Å². The van der Waals surface area contributed by atoms with E-state index in [1.165, 1.54) is 0 Å². The summed E-state index contributed by atoms with van der Waals surface area (Å²) in [5.41, 5.74) is -0.467. The zero-order chi connectivity index (χ0) is 13.1. The van der Waals surface area contributed by atoms with Crippen LogP contribution in [0.5, 0.6) is 0 Å². The highest BCUT2D eigenvalue weighted by molar-refractivity contribution is 9.11. The summed E-state index contributed by atoms with van der Waals surface area (Å²) in [6.07, 6.45) is 2.53. The van der Waals surface area contributed by atoms with E-state index in [1.54, 1.807) is 17.0 Å². The third-order valence-corrected chi connectivity index (χ3v) is 2.87. The number of hydrogen-bond acceptors (Lipinski definition) is 3. The van der Waals surface area contributed by atoms with Gasteiger partial charge in [0.05, 0.1) is 18.7 Å². The van der Waals surface area contributed by atoms with Crippen LogP contribution in [0.15, 0.2) is 11.1 Å². The molecule has 1 rings (SSSR count). The lowest BCUT2D eigenvalue weighted by atomic mass is 10.2. The van der Waals surface area contributed by atoms with Crippen LogP contribution in [-0.2, 0) is 9.47 Å². The molecule has 0 saturated carbocycles. The highest BCUT2D eigenvalue weighted by Crippen LogP contribution is 2.23. The maximum absolute atomic E-state index is 12.0. The number of likely N-dealkylation sites (tertiary alicyclic amines) is 1. The summed E-state index contributed by atoms with van der Waals surface area (Å²) in [4.78, 5) is 15.5. The van der Waals surface area contributed by atoms with Gasteiger partial charge in [-0.1, -0.05) is 22.0 Å². The van der Waals surface area contributed by atoms with Crippen molar-refractivity contribution in [1.29, 1.82) is 0 Å². The van der Waals surface area contributed by atoms with Gasteiger partial charge in [0.25, 0.3) is 0 Å². The van der Waals surface area contributed by atoms with Gasteiger partial charge in [0.1, 0.15) is 5.60 Å². The molecule has 0 spiro atoms. The van der Waals surface area contributed by atoms with Crippen molar-refractivity contribution in [1.82, 2.24) is 4.90 Å². The number of nitrogens with zero attached hydrogens (tertiary/aromatic N) is 1. The Kier molecular flexibility index (Phi) is 5.01. The first-order chi connectivity index (χ1) is 7.87. The van der Waals surface area contributed by atoms with E-state index in [4.69, 9.17) is 9.47 Å². The van der Waals surface area contributed by atoms with Gasteiger partial charge in [-0.25, -0.2) is 4.79 Å². The number of halogens is 1. The summed E-state index contributed by atoms with van der Waals surface area (Å²) in [5, 5.41) is 0. The van der Waals surface area contributed by atoms with Gasteiger partial charge in [0.15, 0.2) is 0 Å². The molecule has 0 aromatic heterocycles. The molecule has 0 N–H and O–H groups in total. The van der Waals surface area contributed by atoms with Crippen LogP contribution in [0.25, 0.3) is 0 Å². The predicted octanol–water partition coefficient (Wildman–Crippen LogP) is 2.92. The predicted molar refractivity (Wildman–Crippen MR) is 70.2 cm³/mol. The van der Waals surface area contributed by atoms with Gasteiger partial charge in [-0.2, -0.15) is 0 Å². The van der Waals surface area contributed by atoms with Gasteiger partial charge in [-0.05, 0) is 32.2 Å². The van der Waals surface area contributed by atoms with Crippen molar-refractivity contribution in [3.63, 3.8) is 0 Å². The number of methoxy groups -OCH3 is 1. The Hall–Kier alpha value is -0.550. The van der Waals surface area contributed by atoms with E-state index in [0.717, 1.165) is 6.42 Å². The summed E-state index contributed by atoms with van der Waals surface area (Å²) < 4.78 is 10.7. The van der Waals surface area contributed by atoms with Crippen LogP contribution in [-0.4, -0.2) is 42.4 Å². The summed E-state index contributed by atoms with van der Waals surface area (Å²) in [6, 6.07) is 0.0363. The Balaban J connectivity index is 2.69. The minimum atomic E-state index is -0.467. The molecule has 0 aliphatic carbocycles. The second kappa shape index (κ2) is 5.87. The average Bonchev–Trinajstić information content (AvgIpc) is 2.59. The summed E-state index contributed by atoms with van der Waals surface area (Å²) >= 11 is 3.24. The van der Waals surface area contributed by atoms with Gasteiger partial charge in [-0.15, -0.1) is 0 Å². The van der Waals surface area contributed by atoms with E-state index < -0.39 is 5.60 Å². The minimum absolute atomic E-state index is 0.0363. The van der Waals surface area contributed by atoms with Crippen molar-refractivity contribution in [2.45, 2.75) is 44.9 Å². The van der Waals surface area contributed by atoms with Crippen molar-refractivity contribution in [3.05, 3.63) is 11.1 Å². The molecule has 0 aromatic carbocycles. The first-order valence-electron chi connectivity index (χ1n) is 5.66. The standard InChI is InChI=1S/C12H20BrNO3/c1-12(2,3)17-11(15)14-8-10(16-4)7-9(14)5-6-13/h5-6,9-10H,7-8H2,1-4H3/b6-5+/t9?,10-/m1/s1. The Morgan fingerprint density at radius 2 is 2.12 bits per heavy atom. The Morgan fingerprint density at radius 1 is 1.47 bits per heavy atom. The lowest BCUT2D eigenvalue weighted by Crippen LogP contribution is -2.39. The summed E-state index contributed by atoms with van der Waals surface area (Å²) in [5.74, 6) is 0. The van der Waals surface area contributed by atoms with E-state index >= 15 is 0 Å². The molecular weight excluding hydrogens is 286 g/mol. The van der Waals surface area contributed by atoms with Crippen LogP contribution in [0.3, 0.4) is 0 Å². The quantitative estimate of drug-likeness (QED) is 0.787. The van der Waals surface area contributed by atoms with Crippen LogP contribution in [0, 0.1) is 0 Å². The molecule has 1 heterocycles. The molecular formula is C12H20BrNO3. The van der Waals surface area contributed by atoms with Crippen molar-refractivity contribution in [2.24, 2.45) is 0 Å². The second-order valence-electron chi connectivity index (χ2n) is 5.11. The van der Waals surface area contributed by atoms with E-state index in [-0.39, 0.29) is 18.2 Å². The largest absolute Gasteiger partial charge is 0.444 e. The Labute approximate surface area is 111 Å². The van der Waals surface area contributed by atoms with Crippen molar-refractivity contribution < 1.29 is 14.3 Å². The van der Waals surface area contributed by atoms with Crippen molar-refractivity contribution >= 4 is 22.0 Å². The SMILES string of the molecule is CO[C@@H]1CC(/C=C/Br)N(C(=O)OC(C)(C)C)C1. The fourth-order valence-corrected chi connectivity index (χ4v) is 2.15. The number of ether oxygens (including phenoxy) is 2. The van der Waals surface area contributed by atoms with Gasteiger partial charge >= 0.3 is 6.09 Å². The zero-order valence-electron chi connectivity index (χ0n) is 10.8. The van der Waals surface area contributed by atoms with Gasteiger partial charge in [0.2, 0.25) is 0 Å². The third kappa shape index (κ3) is 4.32. The van der Waals surface area contributed by atoms with Gasteiger partial charge in [-0.3, -0.25) is 4.90 Å². The van der Waals surface area contributed by atoms with Crippen LogP contribution in [0.2, 0.25) is 0 Å². The maximum atomic E-state index is 12.0. The minimum Gasteiger partial charge on any atom is -0.444 e. The molecule has 0 radical (unpaired) electrons. The molecule has 5 heteroatoms. The highest BCUT2D eigenvalue weighted by atomic mass is 79.9. The van der Waals surface area contributed by atoms with E-state index in [0.29, 0.717) is 6.54 Å². The van der Waals surface area contributed by atoms with E-state index in [9.17, 15) is 4.79 Å². The Morgan fingerprint density at radius 3 is 2.59 bits per heavy atom. The number of rotatable bonds is 2. The number of amides is 1. The van der Waals surface area contributed by atoms with Crippen LogP contribution in [0.1, 0.15) is 27.2 Å². The second-order valence-corrected chi connectivity index (χ2v) is 5.64. The number of carbonyl (C=O) groups is 1. The first kappa shape index (κ1) is 14.5. The van der Waals surface area contributed by atoms with E-state index in [2.05, 4.69) is 15.9 Å². The molecule has 1 aliphatic heterocycles.